The number of carbonyl (C=O) groups is 2. The standard InChI is InChI=1S/C20H16ClF3N4O2S/c1-9-13(5-7-16(26-9)20(22,23)24)18(29)27-12-4-6-14(21)15(8-12)28-19(30)17-10(2)25-11(3)31-17/h4-8H,1-3H3,(H,27,29)(H,28,30). The molecular formula is C20H16ClF3N4O2S. The Hall–Kier alpha value is -2.98. The minimum Gasteiger partial charge on any atom is -0.322 e. The summed E-state index contributed by atoms with van der Waals surface area (Å²) in [4.78, 5) is 33.2. The molecule has 0 saturated heterocycles. The Morgan fingerprint density at radius 1 is 0.968 bits per heavy atom. The number of aryl methyl sites for hydroxylation is 3. The monoisotopic (exact) mass is 468 g/mol. The molecule has 0 atom stereocenters. The number of hydrogen-bond donors (Lipinski definition) is 2. The van der Waals surface area contributed by atoms with Gasteiger partial charge in [-0.3, -0.25) is 9.59 Å². The molecule has 0 radical (unpaired) electrons. The van der Waals surface area contributed by atoms with Gasteiger partial charge in [0.1, 0.15) is 10.6 Å². The van der Waals surface area contributed by atoms with Crippen LogP contribution in [0.2, 0.25) is 5.02 Å². The largest absolute Gasteiger partial charge is 0.433 e. The molecule has 0 aliphatic rings. The molecule has 0 bridgehead atoms. The van der Waals surface area contributed by atoms with Crippen LogP contribution in [-0.2, 0) is 6.18 Å². The zero-order valence-electron chi connectivity index (χ0n) is 16.5. The molecule has 3 aromatic rings. The summed E-state index contributed by atoms with van der Waals surface area (Å²) >= 11 is 7.40. The van der Waals surface area contributed by atoms with Crippen molar-refractivity contribution in [2.45, 2.75) is 26.9 Å². The Morgan fingerprint density at radius 3 is 2.26 bits per heavy atom. The number of benzene rings is 1. The number of carbonyl (C=O) groups excluding carboxylic acids is 2. The van der Waals surface area contributed by atoms with Crippen LogP contribution in [0, 0.1) is 20.8 Å². The first-order valence-corrected chi connectivity index (χ1v) is 10.1. The number of thiazole rings is 1. The number of nitrogens with one attached hydrogen (secondary N) is 2. The maximum atomic E-state index is 12.8. The lowest BCUT2D eigenvalue weighted by Gasteiger charge is -2.12. The van der Waals surface area contributed by atoms with Gasteiger partial charge in [-0.05, 0) is 51.1 Å². The van der Waals surface area contributed by atoms with Crippen LogP contribution >= 0.6 is 22.9 Å². The van der Waals surface area contributed by atoms with Gasteiger partial charge in [-0.1, -0.05) is 11.6 Å². The predicted octanol–water partition coefficient (Wildman–Crippen LogP) is 5.64. The van der Waals surface area contributed by atoms with Crippen molar-refractivity contribution in [2.75, 3.05) is 10.6 Å². The number of aromatic nitrogens is 2. The van der Waals surface area contributed by atoms with Gasteiger partial charge in [-0.25, -0.2) is 9.97 Å². The van der Waals surface area contributed by atoms with E-state index in [1.807, 2.05) is 0 Å². The number of halogens is 4. The fraction of sp³-hybridized carbons (Fsp3) is 0.200. The van der Waals surface area contributed by atoms with Crippen molar-refractivity contribution >= 4 is 46.1 Å². The third-order valence-electron chi connectivity index (χ3n) is 4.20. The van der Waals surface area contributed by atoms with Gasteiger partial charge in [-0.2, -0.15) is 13.2 Å². The van der Waals surface area contributed by atoms with Gasteiger partial charge < -0.3 is 10.6 Å². The molecule has 31 heavy (non-hydrogen) atoms. The molecule has 0 aliphatic heterocycles. The summed E-state index contributed by atoms with van der Waals surface area (Å²) in [6, 6.07) is 6.25. The van der Waals surface area contributed by atoms with Gasteiger partial charge >= 0.3 is 6.18 Å². The average Bonchev–Trinajstić information content (AvgIpc) is 3.01. The fourth-order valence-electron chi connectivity index (χ4n) is 2.78. The van der Waals surface area contributed by atoms with Crippen LogP contribution in [-0.4, -0.2) is 21.8 Å². The number of hydrogen-bond acceptors (Lipinski definition) is 5. The normalized spacial score (nSPS) is 11.3. The second kappa shape index (κ2) is 8.64. The molecule has 2 aromatic heterocycles. The first kappa shape index (κ1) is 22.7. The summed E-state index contributed by atoms with van der Waals surface area (Å²) in [7, 11) is 0. The Balaban J connectivity index is 1.79. The van der Waals surface area contributed by atoms with Crippen LogP contribution < -0.4 is 10.6 Å². The Labute approximate surface area is 184 Å². The van der Waals surface area contributed by atoms with Crippen molar-refractivity contribution in [2.24, 2.45) is 0 Å². The molecule has 6 nitrogen and oxygen atoms in total. The molecular weight excluding hydrogens is 453 g/mol. The summed E-state index contributed by atoms with van der Waals surface area (Å²) in [5, 5.41) is 6.25. The molecule has 2 heterocycles. The Morgan fingerprint density at radius 2 is 1.68 bits per heavy atom. The van der Waals surface area contributed by atoms with E-state index >= 15 is 0 Å². The van der Waals surface area contributed by atoms with Crippen molar-refractivity contribution in [3.8, 4) is 0 Å². The van der Waals surface area contributed by atoms with Crippen LogP contribution in [0.15, 0.2) is 30.3 Å². The maximum absolute atomic E-state index is 12.8. The lowest BCUT2D eigenvalue weighted by Crippen LogP contribution is -2.17. The van der Waals surface area contributed by atoms with Crippen molar-refractivity contribution in [3.05, 3.63) is 67.9 Å². The summed E-state index contributed by atoms with van der Waals surface area (Å²) in [5.74, 6) is -1.04. The maximum Gasteiger partial charge on any atom is 0.433 e. The van der Waals surface area contributed by atoms with Crippen molar-refractivity contribution < 1.29 is 22.8 Å². The first-order valence-electron chi connectivity index (χ1n) is 8.87. The highest BCUT2D eigenvalue weighted by Gasteiger charge is 2.33. The number of rotatable bonds is 4. The van der Waals surface area contributed by atoms with Gasteiger partial charge in [0.25, 0.3) is 11.8 Å². The quantitative estimate of drug-likeness (QED) is 0.519. The third-order valence-corrected chi connectivity index (χ3v) is 5.60. The number of pyridine rings is 1. The average molecular weight is 469 g/mol. The van der Waals surface area contributed by atoms with E-state index in [0.29, 0.717) is 16.3 Å². The van der Waals surface area contributed by atoms with Gasteiger partial charge in [0.2, 0.25) is 0 Å². The molecule has 1 aromatic carbocycles. The number of amides is 2. The van der Waals surface area contributed by atoms with Crippen molar-refractivity contribution in [3.63, 3.8) is 0 Å². The Kier molecular flexibility index (Phi) is 6.33. The predicted molar refractivity (Wildman–Crippen MR) is 113 cm³/mol. The van der Waals surface area contributed by atoms with Crippen LogP contribution in [0.1, 0.15) is 42.1 Å². The van der Waals surface area contributed by atoms with E-state index in [1.165, 1.54) is 36.5 Å². The van der Waals surface area contributed by atoms with Crippen LogP contribution in [0.3, 0.4) is 0 Å². The zero-order valence-corrected chi connectivity index (χ0v) is 18.1. The topological polar surface area (TPSA) is 84.0 Å². The highest BCUT2D eigenvalue weighted by molar-refractivity contribution is 7.13. The van der Waals surface area contributed by atoms with Crippen molar-refractivity contribution in [1.82, 2.24) is 9.97 Å². The summed E-state index contributed by atoms with van der Waals surface area (Å²) < 4.78 is 38.3. The van der Waals surface area contributed by atoms with Gasteiger partial charge in [0.15, 0.2) is 0 Å². The molecule has 162 valence electrons. The van der Waals surface area contributed by atoms with E-state index in [1.54, 1.807) is 13.8 Å². The summed E-state index contributed by atoms with van der Waals surface area (Å²) in [6.45, 7) is 4.82. The third kappa shape index (κ3) is 5.20. The second-order valence-corrected chi connectivity index (χ2v) is 8.19. The minimum absolute atomic E-state index is 0.00991. The van der Waals surface area contributed by atoms with Gasteiger partial charge in [-0.15, -0.1) is 11.3 Å². The molecule has 0 aliphatic carbocycles. The van der Waals surface area contributed by atoms with E-state index in [0.717, 1.165) is 17.1 Å². The van der Waals surface area contributed by atoms with Crippen LogP contribution in [0.4, 0.5) is 24.5 Å². The molecule has 3 rings (SSSR count). The fourth-order valence-corrected chi connectivity index (χ4v) is 3.76. The minimum atomic E-state index is -4.60. The molecule has 2 amide bonds. The van der Waals surface area contributed by atoms with E-state index in [-0.39, 0.29) is 22.0 Å². The van der Waals surface area contributed by atoms with E-state index in [2.05, 4.69) is 20.6 Å². The second-order valence-electron chi connectivity index (χ2n) is 6.58. The van der Waals surface area contributed by atoms with Crippen molar-refractivity contribution in [1.29, 1.82) is 0 Å². The van der Waals surface area contributed by atoms with E-state index < -0.39 is 23.7 Å². The number of alkyl halides is 3. The molecule has 2 N–H and O–H groups in total. The Bertz CT molecular complexity index is 1180. The summed E-state index contributed by atoms with van der Waals surface area (Å²) in [6.07, 6.45) is -4.60. The number of anilines is 2. The molecule has 0 saturated carbocycles. The first-order chi connectivity index (χ1) is 14.5. The van der Waals surface area contributed by atoms with Gasteiger partial charge in [0.05, 0.1) is 32.7 Å². The van der Waals surface area contributed by atoms with Crippen LogP contribution in [0.25, 0.3) is 0 Å². The molecule has 0 spiro atoms. The SMILES string of the molecule is Cc1nc(C)c(C(=O)Nc2cc(NC(=O)c3ccc(C(F)(F)F)nc3C)ccc2Cl)s1. The van der Waals surface area contributed by atoms with Gasteiger partial charge in [0, 0.05) is 5.69 Å². The van der Waals surface area contributed by atoms with E-state index in [9.17, 15) is 22.8 Å². The molecule has 0 unspecified atom stereocenters. The highest BCUT2D eigenvalue weighted by atomic mass is 35.5. The molecule has 0 fully saturated rings. The smallest absolute Gasteiger partial charge is 0.322 e. The lowest BCUT2D eigenvalue weighted by atomic mass is 10.1. The zero-order chi connectivity index (χ0) is 22.9. The highest BCUT2D eigenvalue weighted by Crippen LogP contribution is 2.30. The summed E-state index contributed by atoms with van der Waals surface area (Å²) in [5.41, 5.74) is -0.00830. The molecule has 11 heteroatoms. The van der Waals surface area contributed by atoms with E-state index in [4.69, 9.17) is 11.6 Å². The van der Waals surface area contributed by atoms with Crippen LogP contribution in [0.5, 0.6) is 0 Å². The lowest BCUT2D eigenvalue weighted by molar-refractivity contribution is -0.141. The number of nitrogens with zero attached hydrogens (tertiary/aromatic N) is 2.